The van der Waals surface area contributed by atoms with Crippen LogP contribution in [0, 0.1) is 0 Å². The van der Waals surface area contributed by atoms with Crippen molar-refractivity contribution in [2.75, 3.05) is 31.2 Å². The highest BCUT2D eigenvalue weighted by atomic mass is 32.2. The number of nitrogens with zero attached hydrogens (tertiary/aromatic N) is 1. The zero-order valence-electron chi connectivity index (χ0n) is 15.5. The molecule has 0 unspecified atom stereocenters. The second-order valence-corrected chi connectivity index (χ2v) is 7.29. The summed E-state index contributed by atoms with van der Waals surface area (Å²) in [5.74, 6) is 0.787. The second kappa shape index (κ2) is 9.83. The zero-order valence-corrected chi connectivity index (χ0v) is 16.3. The summed E-state index contributed by atoms with van der Waals surface area (Å²) < 4.78 is 0. The van der Waals surface area contributed by atoms with Gasteiger partial charge in [-0.1, -0.05) is 72.5 Å². The molecule has 0 aliphatic carbocycles. The van der Waals surface area contributed by atoms with E-state index in [1.54, 1.807) is 0 Å². The van der Waals surface area contributed by atoms with Gasteiger partial charge >= 0.3 is 0 Å². The lowest BCUT2D eigenvalue weighted by Crippen LogP contribution is -2.22. The van der Waals surface area contributed by atoms with Crippen molar-refractivity contribution in [2.24, 2.45) is 0 Å². The van der Waals surface area contributed by atoms with Crippen LogP contribution in [0.25, 0.3) is 6.08 Å². The lowest BCUT2D eigenvalue weighted by atomic mass is 10.1. The molecule has 0 bridgehead atoms. The Bertz CT molecular complexity index is 838. The molecule has 3 rings (SSSR count). The first kappa shape index (κ1) is 19.1. The van der Waals surface area contributed by atoms with Gasteiger partial charge in [-0.3, -0.25) is 4.79 Å². The SMILES string of the molecule is CNc1ccc(/C=C/C2=CCN(CCSC(=O)c3ccccc3)C=C2)cc1. The summed E-state index contributed by atoms with van der Waals surface area (Å²) in [4.78, 5) is 14.3. The molecule has 0 spiro atoms. The van der Waals surface area contributed by atoms with E-state index in [-0.39, 0.29) is 5.12 Å². The quantitative estimate of drug-likeness (QED) is 0.731. The highest BCUT2D eigenvalue weighted by Crippen LogP contribution is 2.15. The average molecular weight is 377 g/mol. The standard InChI is InChI=1S/C23H24N2OS/c1-24-22-11-9-19(10-12-22)7-8-20-13-15-25(16-14-20)17-18-27-23(26)21-5-3-2-4-6-21/h2-15,24H,16-18H2,1H3/b8-7+. The van der Waals surface area contributed by atoms with Crippen molar-refractivity contribution < 1.29 is 4.79 Å². The van der Waals surface area contributed by atoms with Crippen LogP contribution in [0.1, 0.15) is 15.9 Å². The van der Waals surface area contributed by atoms with Crippen molar-refractivity contribution in [3.63, 3.8) is 0 Å². The molecule has 27 heavy (non-hydrogen) atoms. The van der Waals surface area contributed by atoms with Crippen LogP contribution >= 0.6 is 11.8 Å². The Morgan fingerprint density at radius 1 is 1.11 bits per heavy atom. The molecule has 0 radical (unpaired) electrons. The van der Waals surface area contributed by atoms with Crippen molar-refractivity contribution >= 4 is 28.6 Å². The maximum absolute atomic E-state index is 12.1. The van der Waals surface area contributed by atoms with Crippen molar-refractivity contribution in [1.82, 2.24) is 4.90 Å². The predicted octanol–water partition coefficient (Wildman–Crippen LogP) is 5.07. The Labute approximate surface area is 165 Å². The van der Waals surface area contributed by atoms with Crippen LogP contribution < -0.4 is 5.32 Å². The first-order chi connectivity index (χ1) is 13.2. The van der Waals surface area contributed by atoms with Gasteiger partial charge in [0.05, 0.1) is 0 Å². The molecule has 4 heteroatoms. The number of carbonyl (C=O) groups excluding carboxylic acids is 1. The van der Waals surface area contributed by atoms with E-state index in [9.17, 15) is 4.79 Å². The second-order valence-electron chi connectivity index (χ2n) is 6.22. The van der Waals surface area contributed by atoms with Crippen LogP contribution in [0.3, 0.4) is 0 Å². The van der Waals surface area contributed by atoms with Crippen LogP contribution in [-0.4, -0.2) is 35.9 Å². The fourth-order valence-corrected chi connectivity index (χ4v) is 3.51. The van der Waals surface area contributed by atoms with E-state index in [1.165, 1.54) is 22.9 Å². The molecule has 0 saturated heterocycles. The minimum Gasteiger partial charge on any atom is -0.388 e. The summed E-state index contributed by atoms with van der Waals surface area (Å²) in [6.07, 6.45) is 10.7. The average Bonchev–Trinajstić information content (AvgIpc) is 2.74. The summed E-state index contributed by atoms with van der Waals surface area (Å²) in [5.41, 5.74) is 4.27. The Morgan fingerprint density at radius 3 is 2.56 bits per heavy atom. The lowest BCUT2D eigenvalue weighted by Gasteiger charge is -2.21. The number of benzene rings is 2. The normalized spacial score (nSPS) is 13.7. The zero-order chi connectivity index (χ0) is 18.9. The van der Waals surface area contributed by atoms with E-state index >= 15 is 0 Å². The van der Waals surface area contributed by atoms with Crippen LogP contribution in [-0.2, 0) is 0 Å². The molecular formula is C23H24N2OS. The van der Waals surface area contributed by atoms with E-state index in [2.05, 4.69) is 65.0 Å². The molecule has 0 aromatic heterocycles. The monoisotopic (exact) mass is 376 g/mol. The maximum atomic E-state index is 12.1. The third-order valence-corrected chi connectivity index (χ3v) is 5.21. The van der Waals surface area contributed by atoms with Crippen molar-refractivity contribution in [2.45, 2.75) is 0 Å². The number of thioether (sulfide) groups is 1. The van der Waals surface area contributed by atoms with Gasteiger partial charge in [0.2, 0.25) is 5.12 Å². The topological polar surface area (TPSA) is 32.3 Å². The Balaban J connectivity index is 1.42. The van der Waals surface area contributed by atoms with Gasteiger partial charge < -0.3 is 10.2 Å². The van der Waals surface area contributed by atoms with Crippen LogP contribution in [0.5, 0.6) is 0 Å². The molecule has 1 aliphatic heterocycles. The molecule has 1 aliphatic rings. The summed E-state index contributed by atoms with van der Waals surface area (Å²) in [6, 6.07) is 17.8. The Kier molecular flexibility index (Phi) is 6.94. The van der Waals surface area contributed by atoms with E-state index in [0.717, 1.165) is 30.1 Å². The van der Waals surface area contributed by atoms with Gasteiger partial charge in [0.1, 0.15) is 0 Å². The smallest absolute Gasteiger partial charge is 0.219 e. The third kappa shape index (κ3) is 5.90. The number of hydrogen-bond donors (Lipinski definition) is 1. The van der Waals surface area contributed by atoms with Gasteiger partial charge in [-0.2, -0.15) is 0 Å². The van der Waals surface area contributed by atoms with Gasteiger partial charge in [-0.15, -0.1) is 0 Å². The van der Waals surface area contributed by atoms with Crippen LogP contribution in [0.4, 0.5) is 5.69 Å². The fraction of sp³-hybridized carbons (Fsp3) is 0.174. The van der Waals surface area contributed by atoms with Gasteiger partial charge in [0.25, 0.3) is 0 Å². The molecule has 3 nitrogen and oxygen atoms in total. The predicted molar refractivity (Wildman–Crippen MR) is 117 cm³/mol. The Morgan fingerprint density at radius 2 is 1.89 bits per heavy atom. The largest absolute Gasteiger partial charge is 0.388 e. The van der Waals surface area contributed by atoms with E-state index in [4.69, 9.17) is 0 Å². The van der Waals surface area contributed by atoms with Crippen molar-refractivity contribution in [3.05, 3.63) is 95.7 Å². The first-order valence-electron chi connectivity index (χ1n) is 9.05. The Hall–Kier alpha value is -2.72. The highest BCUT2D eigenvalue weighted by molar-refractivity contribution is 8.14. The van der Waals surface area contributed by atoms with E-state index in [0.29, 0.717) is 0 Å². The first-order valence-corrected chi connectivity index (χ1v) is 10.0. The third-order valence-electron chi connectivity index (χ3n) is 4.33. The fourth-order valence-electron chi connectivity index (χ4n) is 2.70. The molecule has 1 heterocycles. The minimum absolute atomic E-state index is 0.139. The molecule has 2 aromatic carbocycles. The molecule has 1 N–H and O–H groups in total. The summed E-state index contributed by atoms with van der Waals surface area (Å²) in [7, 11) is 1.92. The van der Waals surface area contributed by atoms with Crippen LogP contribution in [0.15, 0.2) is 84.6 Å². The molecule has 0 saturated carbocycles. The van der Waals surface area contributed by atoms with Crippen molar-refractivity contribution in [1.29, 1.82) is 0 Å². The number of nitrogens with one attached hydrogen (secondary N) is 1. The van der Waals surface area contributed by atoms with Gasteiger partial charge in [0.15, 0.2) is 0 Å². The molecular weight excluding hydrogens is 352 g/mol. The van der Waals surface area contributed by atoms with Crippen LogP contribution in [0.2, 0.25) is 0 Å². The maximum Gasteiger partial charge on any atom is 0.219 e. The van der Waals surface area contributed by atoms with Crippen molar-refractivity contribution in [3.8, 4) is 0 Å². The molecule has 0 fully saturated rings. The molecule has 0 atom stereocenters. The number of hydrogen-bond acceptors (Lipinski definition) is 4. The molecule has 138 valence electrons. The minimum atomic E-state index is 0.139. The summed E-state index contributed by atoms with van der Waals surface area (Å²) in [6.45, 7) is 1.73. The van der Waals surface area contributed by atoms with E-state index < -0.39 is 0 Å². The number of rotatable bonds is 7. The summed E-state index contributed by atoms with van der Waals surface area (Å²) >= 11 is 1.38. The molecule has 2 aromatic rings. The van der Waals surface area contributed by atoms with Gasteiger partial charge in [0, 0.05) is 37.1 Å². The lowest BCUT2D eigenvalue weighted by molar-refractivity contribution is 0.108. The molecule has 0 amide bonds. The number of anilines is 1. The number of allylic oxidation sites excluding steroid dienone is 3. The van der Waals surface area contributed by atoms with E-state index in [1.807, 2.05) is 37.4 Å². The highest BCUT2D eigenvalue weighted by Gasteiger charge is 2.08. The summed E-state index contributed by atoms with van der Waals surface area (Å²) in [5, 5.41) is 3.26. The van der Waals surface area contributed by atoms with Gasteiger partial charge in [-0.25, -0.2) is 0 Å². The number of carbonyl (C=O) groups is 1. The van der Waals surface area contributed by atoms with Gasteiger partial charge in [-0.05, 0) is 35.5 Å².